The molecule has 0 aromatic carbocycles. The monoisotopic (exact) mass is 282 g/mol. The number of thiazole rings is 1. The van der Waals surface area contributed by atoms with Crippen molar-refractivity contribution in [2.75, 3.05) is 12.4 Å². The maximum absolute atomic E-state index is 11.1. The SMILES string of the molecule is COC(=O)CCc1csc(NC2CCCCC2C)n1. The van der Waals surface area contributed by atoms with E-state index in [-0.39, 0.29) is 5.97 Å². The van der Waals surface area contributed by atoms with Crippen LogP contribution in [0.3, 0.4) is 0 Å². The molecule has 4 nitrogen and oxygen atoms in total. The van der Waals surface area contributed by atoms with Crippen LogP contribution in [0.1, 0.15) is 44.7 Å². The number of nitrogens with one attached hydrogen (secondary N) is 1. The smallest absolute Gasteiger partial charge is 0.305 e. The van der Waals surface area contributed by atoms with Crippen molar-refractivity contribution >= 4 is 22.4 Å². The summed E-state index contributed by atoms with van der Waals surface area (Å²) in [5.41, 5.74) is 0.973. The lowest BCUT2D eigenvalue weighted by atomic mass is 9.86. The van der Waals surface area contributed by atoms with Crippen molar-refractivity contribution < 1.29 is 9.53 Å². The van der Waals surface area contributed by atoms with E-state index >= 15 is 0 Å². The number of carbonyl (C=O) groups is 1. The molecule has 1 saturated carbocycles. The van der Waals surface area contributed by atoms with Crippen LogP contribution in [0.15, 0.2) is 5.38 Å². The quantitative estimate of drug-likeness (QED) is 0.842. The Kier molecular flexibility index (Phi) is 5.19. The first kappa shape index (κ1) is 14.3. The topological polar surface area (TPSA) is 51.2 Å². The lowest BCUT2D eigenvalue weighted by Gasteiger charge is -2.29. The van der Waals surface area contributed by atoms with Crippen LogP contribution in [0.5, 0.6) is 0 Å². The third kappa shape index (κ3) is 4.20. The van der Waals surface area contributed by atoms with Crippen LogP contribution in [0.4, 0.5) is 5.13 Å². The number of methoxy groups -OCH3 is 1. The number of aromatic nitrogens is 1. The van der Waals surface area contributed by atoms with Gasteiger partial charge in [0.2, 0.25) is 0 Å². The van der Waals surface area contributed by atoms with E-state index in [4.69, 9.17) is 0 Å². The zero-order chi connectivity index (χ0) is 13.7. The van der Waals surface area contributed by atoms with E-state index < -0.39 is 0 Å². The lowest BCUT2D eigenvalue weighted by Crippen LogP contribution is -2.30. The van der Waals surface area contributed by atoms with Gasteiger partial charge in [0, 0.05) is 17.8 Å². The second-order valence-electron chi connectivity index (χ2n) is 5.23. The highest BCUT2D eigenvalue weighted by Crippen LogP contribution is 2.28. The Morgan fingerprint density at radius 3 is 3.05 bits per heavy atom. The van der Waals surface area contributed by atoms with Gasteiger partial charge in [0.1, 0.15) is 0 Å². The number of nitrogens with zero attached hydrogens (tertiary/aromatic N) is 1. The largest absolute Gasteiger partial charge is 0.469 e. The van der Waals surface area contributed by atoms with E-state index in [1.807, 2.05) is 5.38 Å². The zero-order valence-electron chi connectivity index (χ0n) is 11.6. The Labute approximate surface area is 118 Å². The molecule has 1 aromatic rings. The highest BCUT2D eigenvalue weighted by molar-refractivity contribution is 7.13. The summed E-state index contributed by atoms with van der Waals surface area (Å²) in [6.45, 7) is 2.31. The Balaban J connectivity index is 1.84. The van der Waals surface area contributed by atoms with Crippen molar-refractivity contribution in [3.63, 3.8) is 0 Å². The minimum Gasteiger partial charge on any atom is -0.469 e. The van der Waals surface area contributed by atoms with E-state index in [1.54, 1.807) is 11.3 Å². The van der Waals surface area contributed by atoms with Gasteiger partial charge in [0.25, 0.3) is 0 Å². The second-order valence-corrected chi connectivity index (χ2v) is 6.09. The van der Waals surface area contributed by atoms with Gasteiger partial charge in [-0.1, -0.05) is 19.8 Å². The first-order valence-electron chi connectivity index (χ1n) is 6.97. The molecule has 2 rings (SSSR count). The Morgan fingerprint density at radius 1 is 1.53 bits per heavy atom. The fourth-order valence-corrected chi connectivity index (χ4v) is 3.32. The first-order valence-corrected chi connectivity index (χ1v) is 7.84. The minimum atomic E-state index is -0.177. The Morgan fingerprint density at radius 2 is 2.32 bits per heavy atom. The van der Waals surface area contributed by atoms with Crippen molar-refractivity contribution in [1.29, 1.82) is 0 Å². The molecule has 2 atom stereocenters. The molecule has 1 fully saturated rings. The maximum Gasteiger partial charge on any atom is 0.305 e. The van der Waals surface area contributed by atoms with Crippen LogP contribution in [-0.2, 0) is 16.0 Å². The third-order valence-electron chi connectivity index (χ3n) is 3.79. The van der Waals surface area contributed by atoms with E-state index in [9.17, 15) is 4.79 Å². The van der Waals surface area contributed by atoms with Gasteiger partial charge in [-0.2, -0.15) is 0 Å². The molecular formula is C14H22N2O2S. The van der Waals surface area contributed by atoms with Crippen molar-refractivity contribution in [2.45, 2.75) is 51.5 Å². The van der Waals surface area contributed by atoms with Crippen LogP contribution in [-0.4, -0.2) is 24.1 Å². The molecule has 1 N–H and O–H groups in total. The second kappa shape index (κ2) is 6.89. The number of rotatable bonds is 5. The average Bonchev–Trinajstić information content (AvgIpc) is 2.86. The van der Waals surface area contributed by atoms with Gasteiger partial charge in [0.15, 0.2) is 5.13 Å². The molecule has 1 heterocycles. The summed E-state index contributed by atoms with van der Waals surface area (Å²) in [6.07, 6.45) is 6.26. The predicted octanol–water partition coefficient (Wildman–Crippen LogP) is 3.24. The molecule has 0 aliphatic heterocycles. The molecular weight excluding hydrogens is 260 g/mol. The summed E-state index contributed by atoms with van der Waals surface area (Å²) >= 11 is 1.63. The number of carbonyl (C=O) groups excluding carboxylic acids is 1. The summed E-state index contributed by atoms with van der Waals surface area (Å²) in [6, 6.07) is 0.549. The van der Waals surface area contributed by atoms with Gasteiger partial charge in [0.05, 0.1) is 19.2 Å². The van der Waals surface area contributed by atoms with Gasteiger partial charge >= 0.3 is 5.97 Å². The van der Waals surface area contributed by atoms with Gasteiger partial charge in [-0.15, -0.1) is 11.3 Å². The number of hydrogen-bond acceptors (Lipinski definition) is 5. The maximum atomic E-state index is 11.1. The van der Waals surface area contributed by atoms with Crippen LogP contribution in [0, 0.1) is 5.92 Å². The van der Waals surface area contributed by atoms with Crippen molar-refractivity contribution in [1.82, 2.24) is 4.98 Å². The predicted molar refractivity (Wildman–Crippen MR) is 77.5 cm³/mol. The molecule has 0 saturated heterocycles. The van der Waals surface area contributed by atoms with Crippen LogP contribution in [0.2, 0.25) is 0 Å². The van der Waals surface area contributed by atoms with Crippen molar-refractivity contribution in [2.24, 2.45) is 5.92 Å². The lowest BCUT2D eigenvalue weighted by molar-refractivity contribution is -0.140. The molecule has 1 aromatic heterocycles. The standard InChI is InChI=1S/C14H22N2O2S/c1-10-5-3-4-6-12(10)16-14-15-11(9-19-14)7-8-13(17)18-2/h9-10,12H,3-8H2,1-2H3,(H,15,16). The molecule has 1 aliphatic rings. The summed E-state index contributed by atoms with van der Waals surface area (Å²) in [7, 11) is 1.42. The van der Waals surface area contributed by atoms with E-state index in [0.29, 0.717) is 18.9 Å². The molecule has 0 amide bonds. The Hall–Kier alpha value is -1.10. The van der Waals surface area contributed by atoms with Crippen LogP contribution >= 0.6 is 11.3 Å². The third-order valence-corrected chi connectivity index (χ3v) is 4.61. The van der Waals surface area contributed by atoms with Crippen LogP contribution < -0.4 is 5.32 Å². The number of anilines is 1. The van der Waals surface area contributed by atoms with Gasteiger partial charge in [-0.05, 0) is 18.8 Å². The molecule has 0 radical (unpaired) electrons. The number of esters is 1. The van der Waals surface area contributed by atoms with E-state index in [1.165, 1.54) is 32.8 Å². The molecule has 0 bridgehead atoms. The zero-order valence-corrected chi connectivity index (χ0v) is 12.5. The van der Waals surface area contributed by atoms with Crippen LogP contribution in [0.25, 0.3) is 0 Å². The highest BCUT2D eigenvalue weighted by atomic mass is 32.1. The average molecular weight is 282 g/mol. The van der Waals surface area contributed by atoms with Crippen molar-refractivity contribution in [3.8, 4) is 0 Å². The Bertz CT molecular complexity index is 419. The molecule has 106 valence electrons. The molecule has 0 spiro atoms. The summed E-state index contributed by atoms with van der Waals surface area (Å²) in [5.74, 6) is 0.541. The molecule has 1 aliphatic carbocycles. The highest BCUT2D eigenvalue weighted by Gasteiger charge is 2.21. The number of ether oxygens (including phenoxy) is 1. The summed E-state index contributed by atoms with van der Waals surface area (Å²) in [5, 5.41) is 6.56. The van der Waals surface area contributed by atoms with Gasteiger partial charge in [-0.25, -0.2) is 4.98 Å². The summed E-state index contributed by atoms with van der Waals surface area (Å²) < 4.78 is 4.64. The fourth-order valence-electron chi connectivity index (χ4n) is 2.51. The summed E-state index contributed by atoms with van der Waals surface area (Å²) in [4.78, 5) is 15.6. The molecule has 19 heavy (non-hydrogen) atoms. The minimum absolute atomic E-state index is 0.177. The van der Waals surface area contributed by atoms with E-state index in [0.717, 1.165) is 16.7 Å². The van der Waals surface area contributed by atoms with Crippen molar-refractivity contribution in [3.05, 3.63) is 11.1 Å². The normalized spacial score (nSPS) is 23.1. The fraction of sp³-hybridized carbons (Fsp3) is 0.714. The molecule has 5 heteroatoms. The molecule has 2 unspecified atom stereocenters. The van der Waals surface area contributed by atoms with Gasteiger partial charge < -0.3 is 10.1 Å². The van der Waals surface area contributed by atoms with E-state index in [2.05, 4.69) is 22.0 Å². The first-order chi connectivity index (χ1) is 9.19. The number of aryl methyl sites for hydroxylation is 1. The number of hydrogen-bond donors (Lipinski definition) is 1. The van der Waals surface area contributed by atoms with Gasteiger partial charge in [-0.3, -0.25) is 4.79 Å².